The van der Waals surface area contributed by atoms with Crippen molar-refractivity contribution >= 4 is 17.5 Å². The number of amides is 2. The summed E-state index contributed by atoms with van der Waals surface area (Å²) in [5, 5.41) is 2.73. The minimum Gasteiger partial charge on any atom is -0.332 e. The molecular weight excluding hydrogens is 280 g/mol. The summed E-state index contributed by atoms with van der Waals surface area (Å²) in [5.74, 6) is -1.02. The Balaban J connectivity index is 1.91. The number of carbonyl (C=O) groups is 2. The molecule has 6 nitrogen and oxygen atoms in total. The van der Waals surface area contributed by atoms with Crippen LogP contribution >= 0.6 is 0 Å². The van der Waals surface area contributed by atoms with E-state index in [2.05, 4.69) is 10.2 Å². The normalized spacial score (nSPS) is 15.6. The van der Waals surface area contributed by atoms with Gasteiger partial charge in [-0.1, -0.05) is 25.1 Å². The number of aryl methyl sites for hydroxylation is 1. The van der Waals surface area contributed by atoms with Crippen LogP contribution in [0.5, 0.6) is 0 Å². The minimum atomic E-state index is -0.562. The molecule has 1 saturated heterocycles. The van der Waals surface area contributed by atoms with Gasteiger partial charge < -0.3 is 16.0 Å². The van der Waals surface area contributed by atoms with E-state index in [0.29, 0.717) is 25.3 Å². The van der Waals surface area contributed by atoms with Crippen LogP contribution in [0.1, 0.15) is 12.5 Å². The number of nitrogens with one attached hydrogen (secondary N) is 1. The third-order valence-corrected chi connectivity index (χ3v) is 3.95. The second kappa shape index (κ2) is 7.91. The van der Waals surface area contributed by atoms with E-state index >= 15 is 0 Å². The monoisotopic (exact) mass is 304 g/mol. The molecule has 1 aromatic rings. The van der Waals surface area contributed by atoms with Crippen molar-refractivity contribution < 1.29 is 9.59 Å². The molecule has 0 unspecified atom stereocenters. The number of hydrogen-bond donors (Lipinski definition) is 2. The van der Waals surface area contributed by atoms with Crippen LogP contribution in [0.4, 0.5) is 5.69 Å². The summed E-state index contributed by atoms with van der Waals surface area (Å²) in [6, 6.07) is 7.55. The molecular formula is C16H24N4O2. The summed E-state index contributed by atoms with van der Waals surface area (Å²) in [5.41, 5.74) is 7.27. The Morgan fingerprint density at radius 1 is 1.18 bits per heavy atom. The van der Waals surface area contributed by atoms with E-state index in [9.17, 15) is 9.59 Å². The van der Waals surface area contributed by atoms with Crippen molar-refractivity contribution in [2.24, 2.45) is 5.73 Å². The molecule has 22 heavy (non-hydrogen) atoms. The van der Waals surface area contributed by atoms with Crippen LogP contribution in [0, 0.1) is 0 Å². The first kappa shape index (κ1) is 16.5. The van der Waals surface area contributed by atoms with Gasteiger partial charge in [0.25, 0.3) is 0 Å². The second-order valence-electron chi connectivity index (χ2n) is 5.39. The lowest BCUT2D eigenvalue weighted by atomic mass is 10.1. The molecule has 2 amide bonds. The molecule has 0 spiro atoms. The summed E-state index contributed by atoms with van der Waals surface area (Å²) in [6.07, 6.45) is 0.808. The van der Waals surface area contributed by atoms with Crippen LogP contribution in [0.2, 0.25) is 0 Å². The minimum absolute atomic E-state index is 0.460. The maximum absolute atomic E-state index is 12.2. The molecule has 0 aliphatic carbocycles. The van der Waals surface area contributed by atoms with Crippen LogP contribution in [-0.4, -0.2) is 60.9 Å². The van der Waals surface area contributed by atoms with Gasteiger partial charge in [-0.25, -0.2) is 0 Å². The molecule has 1 aliphatic heterocycles. The molecule has 3 N–H and O–H groups in total. The lowest BCUT2D eigenvalue weighted by Gasteiger charge is -2.34. The third kappa shape index (κ3) is 4.05. The maximum atomic E-state index is 12.2. The number of anilines is 1. The molecule has 120 valence electrons. The van der Waals surface area contributed by atoms with E-state index in [1.54, 1.807) is 4.90 Å². The van der Waals surface area contributed by atoms with Gasteiger partial charge in [0, 0.05) is 45.0 Å². The van der Waals surface area contributed by atoms with E-state index in [4.69, 9.17) is 5.73 Å². The Morgan fingerprint density at radius 3 is 2.50 bits per heavy atom. The van der Waals surface area contributed by atoms with Crippen LogP contribution < -0.4 is 11.1 Å². The molecule has 1 aromatic carbocycles. The number of carbonyl (C=O) groups excluding carboxylic acids is 2. The zero-order chi connectivity index (χ0) is 15.9. The highest BCUT2D eigenvalue weighted by atomic mass is 16.2. The molecule has 0 aromatic heterocycles. The van der Waals surface area contributed by atoms with Crippen LogP contribution in [0.15, 0.2) is 24.3 Å². The van der Waals surface area contributed by atoms with Gasteiger partial charge in [0.15, 0.2) is 0 Å². The van der Waals surface area contributed by atoms with Crippen molar-refractivity contribution in [3.8, 4) is 0 Å². The van der Waals surface area contributed by atoms with Crippen molar-refractivity contribution in [2.75, 3.05) is 44.6 Å². The van der Waals surface area contributed by atoms with Crippen molar-refractivity contribution in [1.82, 2.24) is 9.80 Å². The molecule has 0 radical (unpaired) electrons. The SMILES string of the molecule is CCc1ccccc1NC(=O)C(=O)N1CCN(CCN)CC1. The lowest BCUT2D eigenvalue weighted by molar-refractivity contribution is -0.144. The summed E-state index contributed by atoms with van der Waals surface area (Å²) < 4.78 is 0. The molecule has 0 bridgehead atoms. The number of hydrogen-bond acceptors (Lipinski definition) is 4. The second-order valence-corrected chi connectivity index (χ2v) is 5.39. The van der Waals surface area contributed by atoms with Gasteiger partial charge in [0.2, 0.25) is 0 Å². The predicted octanol–water partition coefficient (Wildman–Crippen LogP) is 0.290. The van der Waals surface area contributed by atoms with E-state index in [1.165, 1.54) is 0 Å². The maximum Gasteiger partial charge on any atom is 0.313 e. The number of benzene rings is 1. The Kier molecular flexibility index (Phi) is 5.91. The number of para-hydroxylation sites is 1. The van der Waals surface area contributed by atoms with Gasteiger partial charge >= 0.3 is 11.8 Å². The van der Waals surface area contributed by atoms with Crippen LogP contribution in [0.3, 0.4) is 0 Å². The van der Waals surface area contributed by atoms with Gasteiger partial charge in [0.05, 0.1) is 0 Å². The average molecular weight is 304 g/mol. The molecule has 1 fully saturated rings. The van der Waals surface area contributed by atoms with Crippen molar-refractivity contribution in [3.05, 3.63) is 29.8 Å². The highest BCUT2D eigenvalue weighted by Gasteiger charge is 2.26. The molecule has 1 aliphatic rings. The highest BCUT2D eigenvalue weighted by Crippen LogP contribution is 2.15. The lowest BCUT2D eigenvalue weighted by Crippen LogP contribution is -2.52. The van der Waals surface area contributed by atoms with Gasteiger partial charge in [-0.05, 0) is 18.1 Å². The Labute approximate surface area is 131 Å². The summed E-state index contributed by atoms with van der Waals surface area (Å²) in [7, 11) is 0. The Morgan fingerprint density at radius 2 is 1.86 bits per heavy atom. The van der Waals surface area contributed by atoms with Crippen LogP contribution in [0.25, 0.3) is 0 Å². The van der Waals surface area contributed by atoms with Crippen molar-refractivity contribution in [1.29, 1.82) is 0 Å². The zero-order valence-corrected chi connectivity index (χ0v) is 13.0. The smallest absolute Gasteiger partial charge is 0.313 e. The molecule has 1 heterocycles. The quantitative estimate of drug-likeness (QED) is 0.784. The summed E-state index contributed by atoms with van der Waals surface area (Å²) in [4.78, 5) is 28.2. The number of nitrogens with two attached hydrogens (primary N) is 1. The van der Waals surface area contributed by atoms with Crippen molar-refractivity contribution in [2.45, 2.75) is 13.3 Å². The molecule has 0 atom stereocenters. The van der Waals surface area contributed by atoms with Gasteiger partial charge in [-0.2, -0.15) is 0 Å². The van der Waals surface area contributed by atoms with Gasteiger partial charge in [-0.3, -0.25) is 14.5 Å². The first-order valence-corrected chi connectivity index (χ1v) is 7.76. The standard InChI is InChI=1S/C16H24N4O2/c1-2-13-5-3-4-6-14(13)18-15(21)16(22)20-11-9-19(8-7-17)10-12-20/h3-6H,2,7-12,17H2,1H3,(H,18,21). The fourth-order valence-electron chi connectivity index (χ4n) is 2.63. The zero-order valence-electron chi connectivity index (χ0n) is 13.0. The fourth-order valence-corrected chi connectivity index (χ4v) is 2.63. The van der Waals surface area contributed by atoms with E-state index in [-0.39, 0.29) is 0 Å². The molecule has 2 rings (SSSR count). The first-order chi connectivity index (χ1) is 10.7. The predicted molar refractivity (Wildman–Crippen MR) is 86.5 cm³/mol. The topological polar surface area (TPSA) is 78.7 Å². The Hall–Kier alpha value is -1.92. The highest BCUT2D eigenvalue weighted by molar-refractivity contribution is 6.39. The van der Waals surface area contributed by atoms with Gasteiger partial charge in [-0.15, -0.1) is 0 Å². The van der Waals surface area contributed by atoms with Crippen LogP contribution in [-0.2, 0) is 16.0 Å². The van der Waals surface area contributed by atoms with E-state index in [0.717, 1.165) is 31.6 Å². The molecule has 0 saturated carbocycles. The largest absolute Gasteiger partial charge is 0.332 e. The van der Waals surface area contributed by atoms with Crippen molar-refractivity contribution in [3.63, 3.8) is 0 Å². The van der Waals surface area contributed by atoms with Gasteiger partial charge in [0.1, 0.15) is 0 Å². The molecule has 6 heteroatoms. The third-order valence-electron chi connectivity index (χ3n) is 3.95. The Bertz CT molecular complexity index is 525. The summed E-state index contributed by atoms with van der Waals surface area (Å²) >= 11 is 0. The van der Waals surface area contributed by atoms with E-state index < -0.39 is 11.8 Å². The number of nitrogens with zero attached hydrogens (tertiary/aromatic N) is 2. The number of piperazine rings is 1. The first-order valence-electron chi connectivity index (χ1n) is 7.76. The summed E-state index contributed by atoms with van der Waals surface area (Å²) in [6.45, 7) is 6.14. The number of rotatable bonds is 4. The average Bonchev–Trinajstić information content (AvgIpc) is 2.55. The fraction of sp³-hybridized carbons (Fsp3) is 0.500. The van der Waals surface area contributed by atoms with E-state index in [1.807, 2.05) is 31.2 Å².